The lowest BCUT2D eigenvalue weighted by molar-refractivity contribution is -0.188. The van der Waals surface area contributed by atoms with Crippen LogP contribution in [0.25, 0.3) is 0 Å². The van der Waals surface area contributed by atoms with E-state index in [1.807, 2.05) is 18.3 Å². The van der Waals surface area contributed by atoms with Crippen LogP contribution in [-0.2, 0) is 16.1 Å². The zero-order valence-electron chi connectivity index (χ0n) is 13.9. The average molecular weight is 340 g/mol. The minimum Gasteiger partial charge on any atom is -0.373 e. The standard InChI is InChI=1S/C18H20N4O3/c23-17(15-3-6-20-21-10-15)22-12-18(13-22)8-16(4-7-25-18)24-11-14-2-1-5-19-9-14/h1-3,5-6,9-10,16H,4,7-8,11-13H2/t16-/m1/s1. The van der Waals surface area contributed by atoms with Gasteiger partial charge in [-0.1, -0.05) is 6.07 Å². The first-order valence-corrected chi connectivity index (χ1v) is 8.45. The molecule has 1 spiro atoms. The highest BCUT2D eigenvalue weighted by Crippen LogP contribution is 2.36. The number of carbonyl (C=O) groups excluding carboxylic acids is 1. The van der Waals surface area contributed by atoms with E-state index in [0.717, 1.165) is 18.4 Å². The molecule has 2 aliphatic heterocycles. The fourth-order valence-electron chi connectivity index (χ4n) is 3.44. The lowest BCUT2D eigenvalue weighted by atomic mass is 9.84. The molecule has 0 aliphatic carbocycles. The SMILES string of the molecule is O=C(c1ccnnc1)N1CC2(C[C@H](OCc3cccnc3)CCO2)C1. The highest BCUT2D eigenvalue weighted by molar-refractivity contribution is 5.94. The second-order valence-corrected chi connectivity index (χ2v) is 6.61. The smallest absolute Gasteiger partial charge is 0.255 e. The van der Waals surface area contributed by atoms with Gasteiger partial charge in [0.25, 0.3) is 5.91 Å². The van der Waals surface area contributed by atoms with Gasteiger partial charge in [-0.05, 0) is 24.1 Å². The molecule has 0 saturated carbocycles. The van der Waals surface area contributed by atoms with Crippen molar-refractivity contribution in [1.82, 2.24) is 20.1 Å². The molecule has 2 aromatic rings. The number of hydrogen-bond donors (Lipinski definition) is 0. The van der Waals surface area contributed by atoms with E-state index in [9.17, 15) is 4.79 Å². The summed E-state index contributed by atoms with van der Waals surface area (Å²) in [6.07, 6.45) is 8.44. The fourth-order valence-corrected chi connectivity index (χ4v) is 3.44. The van der Waals surface area contributed by atoms with Crippen molar-refractivity contribution in [2.24, 2.45) is 0 Å². The maximum atomic E-state index is 12.4. The molecular weight excluding hydrogens is 320 g/mol. The Bertz CT molecular complexity index is 720. The number of aromatic nitrogens is 3. The van der Waals surface area contributed by atoms with Gasteiger partial charge in [-0.25, -0.2) is 0 Å². The van der Waals surface area contributed by atoms with Crippen LogP contribution in [0.15, 0.2) is 43.0 Å². The van der Waals surface area contributed by atoms with Gasteiger partial charge >= 0.3 is 0 Å². The first-order valence-electron chi connectivity index (χ1n) is 8.45. The number of carbonyl (C=O) groups is 1. The van der Waals surface area contributed by atoms with Gasteiger partial charge in [0.2, 0.25) is 0 Å². The summed E-state index contributed by atoms with van der Waals surface area (Å²) in [5.74, 6) is -0.0254. The Labute approximate surface area is 146 Å². The van der Waals surface area contributed by atoms with Crippen molar-refractivity contribution in [3.63, 3.8) is 0 Å². The molecule has 1 atom stereocenters. The second kappa shape index (κ2) is 6.85. The summed E-state index contributed by atoms with van der Waals surface area (Å²) in [6, 6.07) is 5.60. The average Bonchev–Trinajstić information content (AvgIpc) is 2.65. The number of likely N-dealkylation sites (tertiary alicyclic amines) is 1. The summed E-state index contributed by atoms with van der Waals surface area (Å²) in [5, 5.41) is 7.47. The molecule has 7 heteroatoms. The number of ether oxygens (including phenoxy) is 2. The van der Waals surface area contributed by atoms with Crippen LogP contribution in [0.4, 0.5) is 0 Å². The third kappa shape index (κ3) is 3.52. The van der Waals surface area contributed by atoms with Gasteiger partial charge in [-0.3, -0.25) is 9.78 Å². The Balaban J connectivity index is 1.31. The Morgan fingerprint density at radius 2 is 2.20 bits per heavy atom. The highest BCUT2D eigenvalue weighted by Gasteiger charge is 2.49. The van der Waals surface area contributed by atoms with E-state index in [2.05, 4.69) is 15.2 Å². The first kappa shape index (κ1) is 16.1. The van der Waals surface area contributed by atoms with Crippen LogP contribution in [0.5, 0.6) is 0 Å². The van der Waals surface area contributed by atoms with Crippen LogP contribution in [0, 0.1) is 0 Å². The predicted molar refractivity (Wildman–Crippen MR) is 88.7 cm³/mol. The minimum absolute atomic E-state index is 0.0254. The molecule has 7 nitrogen and oxygen atoms in total. The fraction of sp³-hybridized carbons (Fsp3) is 0.444. The van der Waals surface area contributed by atoms with Gasteiger partial charge in [-0.15, -0.1) is 0 Å². The zero-order valence-corrected chi connectivity index (χ0v) is 13.9. The lowest BCUT2D eigenvalue weighted by Crippen LogP contribution is -2.67. The second-order valence-electron chi connectivity index (χ2n) is 6.61. The minimum atomic E-state index is -0.270. The molecule has 1 amide bonds. The molecule has 4 rings (SSSR count). The van der Waals surface area contributed by atoms with Gasteiger partial charge < -0.3 is 14.4 Å². The van der Waals surface area contributed by atoms with Crippen molar-refractivity contribution >= 4 is 5.91 Å². The molecule has 2 aliphatic rings. The Morgan fingerprint density at radius 1 is 1.28 bits per heavy atom. The molecule has 2 fully saturated rings. The molecule has 0 aromatic carbocycles. The maximum Gasteiger partial charge on any atom is 0.255 e. The quantitative estimate of drug-likeness (QED) is 0.839. The molecule has 0 N–H and O–H groups in total. The lowest BCUT2D eigenvalue weighted by Gasteiger charge is -2.53. The molecule has 0 radical (unpaired) electrons. The van der Waals surface area contributed by atoms with E-state index >= 15 is 0 Å². The number of hydrogen-bond acceptors (Lipinski definition) is 6. The first-order chi connectivity index (χ1) is 12.2. The normalized spacial score (nSPS) is 21.8. The van der Waals surface area contributed by atoms with E-state index < -0.39 is 0 Å². The van der Waals surface area contributed by atoms with Gasteiger partial charge in [0.15, 0.2) is 0 Å². The van der Waals surface area contributed by atoms with Crippen LogP contribution >= 0.6 is 0 Å². The van der Waals surface area contributed by atoms with Crippen LogP contribution < -0.4 is 0 Å². The maximum absolute atomic E-state index is 12.4. The van der Waals surface area contributed by atoms with Crippen LogP contribution in [0.3, 0.4) is 0 Å². The van der Waals surface area contributed by atoms with E-state index in [-0.39, 0.29) is 17.6 Å². The van der Waals surface area contributed by atoms with Crippen molar-refractivity contribution in [2.45, 2.75) is 31.2 Å². The zero-order chi connectivity index (χ0) is 17.1. The largest absolute Gasteiger partial charge is 0.373 e. The predicted octanol–water partition coefficient (Wildman–Crippen LogP) is 1.46. The third-order valence-corrected chi connectivity index (χ3v) is 4.73. The number of rotatable bonds is 4. The van der Waals surface area contributed by atoms with Crippen LogP contribution in [0.2, 0.25) is 0 Å². The summed E-state index contributed by atoms with van der Waals surface area (Å²) in [5.41, 5.74) is 1.36. The molecule has 0 unspecified atom stereocenters. The summed E-state index contributed by atoms with van der Waals surface area (Å²) >= 11 is 0. The van der Waals surface area contributed by atoms with Gasteiger partial charge in [0.05, 0.1) is 43.8 Å². The summed E-state index contributed by atoms with van der Waals surface area (Å²) in [6.45, 7) is 2.41. The Hall–Kier alpha value is -2.38. The molecule has 25 heavy (non-hydrogen) atoms. The summed E-state index contributed by atoms with van der Waals surface area (Å²) in [7, 11) is 0. The molecule has 2 aromatic heterocycles. The van der Waals surface area contributed by atoms with E-state index in [1.165, 1.54) is 12.4 Å². The van der Waals surface area contributed by atoms with Crippen molar-refractivity contribution in [1.29, 1.82) is 0 Å². The topological polar surface area (TPSA) is 77.4 Å². The van der Waals surface area contributed by atoms with Crippen molar-refractivity contribution in [3.8, 4) is 0 Å². The van der Waals surface area contributed by atoms with Crippen LogP contribution in [0.1, 0.15) is 28.8 Å². The van der Waals surface area contributed by atoms with Crippen molar-refractivity contribution < 1.29 is 14.3 Å². The number of amides is 1. The van der Waals surface area contributed by atoms with Crippen LogP contribution in [-0.4, -0.2) is 57.4 Å². The third-order valence-electron chi connectivity index (χ3n) is 4.73. The Morgan fingerprint density at radius 3 is 2.96 bits per heavy atom. The molecular formula is C18H20N4O3. The van der Waals surface area contributed by atoms with E-state index in [4.69, 9.17) is 9.47 Å². The molecule has 2 saturated heterocycles. The number of pyridine rings is 1. The van der Waals surface area contributed by atoms with Gasteiger partial charge in [0.1, 0.15) is 5.60 Å². The number of nitrogens with zero attached hydrogens (tertiary/aromatic N) is 4. The van der Waals surface area contributed by atoms with E-state index in [0.29, 0.717) is 31.9 Å². The Kier molecular flexibility index (Phi) is 4.42. The molecule has 4 heterocycles. The molecule has 130 valence electrons. The van der Waals surface area contributed by atoms with Gasteiger partial charge in [0, 0.05) is 25.4 Å². The van der Waals surface area contributed by atoms with Crippen molar-refractivity contribution in [3.05, 3.63) is 54.1 Å². The van der Waals surface area contributed by atoms with Crippen molar-refractivity contribution in [2.75, 3.05) is 19.7 Å². The highest BCUT2D eigenvalue weighted by atomic mass is 16.5. The van der Waals surface area contributed by atoms with E-state index in [1.54, 1.807) is 17.2 Å². The molecule has 0 bridgehead atoms. The van der Waals surface area contributed by atoms with Gasteiger partial charge in [-0.2, -0.15) is 10.2 Å². The summed E-state index contributed by atoms with van der Waals surface area (Å²) in [4.78, 5) is 18.3. The summed E-state index contributed by atoms with van der Waals surface area (Å²) < 4.78 is 12.0. The monoisotopic (exact) mass is 340 g/mol.